The van der Waals surface area contributed by atoms with Crippen molar-refractivity contribution in [2.24, 2.45) is 0 Å². The first-order valence-corrected chi connectivity index (χ1v) is 23.0. The van der Waals surface area contributed by atoms with E-state index in [1.807, 2.05) is 0 Å². The van der Waals surface area contributed by atoms with Crippen LogP contribution in [0.1, 0.15) is 84.6 Å². The van der Waals surface area contributed by atoms with Gasteiger partial charge in [0.15, 0.2) is 0 Å². The van der Waals surface area contributed by atoms with Crippen molar-refractivity contribution in [3.05, 3.63) is 50.4 Å². The predicted octanol–water partition coefficient (Wildman–Crippen LogP) is 5.77. The zero-order chi connectivity index (χ0) is 37.1. The number of hydrogen-bond acceptors (Lipinski definition) is 12. The third kappa shape index (κ3) is 12.9. The van der Waals surface area contributed by atoms with Gasteiger partial charge in [-0.1, -0.05) is 23.4 Å². The molecule has 274 valence electrons. The Labute approximate surface area is 311 Å². The Balaban J connectivity index is 0.000000409. The number of rotatable bonds is 7. The minimum Gasteiger partial charge on any atom is -0.496 e. The van der Waals surface area contributed by atoms with Gasteiger partial charge in [0, 0.05) is 35.7 Å². The Bertz CT molecular complexity index is 1560. The number of benzene rings is 2. The molecule has 2 aliphatic carbocycles. The standard InChI is InChI=1S/C13H12BrFO3.C7H5BrFO.C6H8O2.3C2H4O2.CH4.Pb/c1-18-11-6-7(14)5-8(15)12(11)13-9(16)3-2-4-10(13)17;1-10-7-3-5(8)2-6(9)4-7;7-5-2-1-3-6(8)4-5;3*1-2(3)4;;/h5-6,13H,2-4H2,1H3;2-3H,1H3;1-4H2;3*1H3,(H,3,4);1H4;/q;;;;;;;+3/p-3. The average Bonchev–Trinajstić information content (AvgIpc) is 2.96. The monoisotopic (exact) mass is 1030 g/mol. The summed E-state index contributed by atoms with van der Waals surface area (Å²) in [6, 6.07) is 5.24. The summed E-state index contributed by atoms with van der Waals surface area (Å²) >= 11 is 0.582. The summed E-state index contributed by atoms with van der Waals surface area (Å²) in [6.45, 7) is 3.10. The molecule has 0 atom stereocenters. The third-order valence-corrected chi connectivity index (χ3v) is 18.4. The third-order valence-electron chi connectivity index (χ3n) is 6.74. The molecule has 2 fully saturated rings. The van der Waals surface area contributed by atoms with Crippen LogP contribution in [0.5, 0.6) is 11.5 Å². The fourth-order valence-electron chi connectivity index (χ4n) is 4.91. The van der Waals surface area contributed by atoms with Gasteiger partial charge >= 0.3 is 147 Å². The van der Waals surface area contributed by atoms with Gasteiger partial charge < -0.3 is 4.74 Å². The molecule has 17 heteroatoms. The molecule has 2 aliphatic rings. The van der Waals surface area contributed by atoms with E-state index in [-0.39, 0.29) is 57.2 Å². The second kappa shape index (κ2) is 20.7. The molecule has 0 amide bonds. The van der Waals surface area contributed by atoms with Gasteiger partial charge in [-0.3, -0.25) is 19.2 Å². The Morgan fingerprint density at radius 1 is 0.680 bits per heavy atom. The molecule has 50 heavy (non-hydrogen) atoms. The zero-order valence-corrected chi connectivity index (χ0v) is 34.3. The van der Waals surface area contributed by atoms with Crippen LogP contribution in [0.4, 0.5) is 8.78 Å². The number of methoxy groups -OCH3 is 2. The number of carbonyl (C=O) groups excluding carboxylic acids is 7. The van der Waals surface area contributed by atoms with Crippen LogP contribution in [0.15, 0.2) is 33.2 Å². The second-order valence-electron chi connectivity index (χ2n) is 10.6. The topological polar surface area (TPSA) is 166 Å². The van der Waals surface area contributed by atoms with E-state index in [4.69, 9.17) is 17.5 Å². The van der Waals surface area contributed by atoms with E-state index in [1.54, 1.807) is 6.07 Å². The van der Waals surface area contributed by atoms with Crippen LogP contribution in [-0.2, 0) is 41.6 Å². The van der Waals surface area contributed by atoms with Crippen molar-refractivity contribution in [3.8, 4) is 11.5 Å². The molecule has 0 heterocycles. The van der Waals surface area contributed by atoms with E-state index in [0.717, 1.165) is 33.3 Å². The molecule has 0 unspecified atom stereocenters. The summed E-state index contributed by atoms with van der Waals surface area (Å²) < 4.78 is 54.4. The molecule has 0 aliphatic heterocycles. The molecule has 0 spiro atoms. The van der Waals surface area contributed by atoms with Crippen LogP contribution < -0.4 is 12.6 Å². The van der Waals surface area contributed by atoms with E-state index in [2.05, 4.69) is 31.9 Å². The summed E-state index contributed by atoms with van der Waals surface area (Å²) in [5.41, 5.74) is 0.0652. The molecule has 0 saturated heterocycles. The summed E-state index contributed by atoms with van der Waals surface area (Å²) in [5.74, 6) is -5.19. The van der Waals surface area contributed by atoms with Gasteiger partial charge in [0.1, 0.15) is 40.6 Å². The van der Waals surface area contributed by atoms with E-state index >= 15 is 0 Å². The van der Waals surface area contributed by atoms with Crippen molar-refractivity contribution in [2.75, 3.05) is 14.2 Å². The minimum atomic E-state index is -5.66. The summed E-state index contributed by atoms with van der Waals surface area (Å²) in [4.78, 5) is 79.0. The SMILES string of the molecule is C.COc1cc(Br)cc(F)[c]1[Pb]([O]C(C)=O)([O]C(C)=O)[O]C(C)=O.COc1cc(Br)cc(F)c1C1C(=O)CCCC1=O.O=C1CCCC(=O)C1. The molecular formula is C33H38Br2F2O12Pb. The minimum absolute atomic E-state index is 0. The van der Waals surface area contributed by atoms with Gasteiger partial charge in [0.05, 0.1) is 13.5 Å². The maximum absolute atomic E-state index is 14.5. The number of ether oxygens (including phenoxy) is 2. The number of carbonyl (C=O) groups is 7. The van der Waals surface area contributed by atoms with Crippen LogP contribution in [-0.4, -0.2) is 77.8 Å². The molecule has 2 aromatic carbocycles. The first-order valence-electron chi connectivity index (χ1n) is 14.7. The van der Waals surface area contributed by atoms with Gasteiger partial charge in [0.2, 0.25) is 0 Å². The van der Waals surface area contributed by atoms with Gasteiger partial charge in [-0.05, 0) is 25.0 Å². The predicted molar refractivity (Wildman–Crippen MR) is 184 cm³/mol. The largest absolute Gasteiger partial charge is 0.496 e. The van der Waals surface area contributed by atoms with E-state index in [9.17, 15) is 42.3 Å². The molecule has 4 rings (SSSR count). The van der Waals surface area contributed by atoms with E-state index in [0.29, 0.717) is 41.0 Å². The van der Waals surface area contributed by atoms with Crippen molar-refractivity contribution in [2.45, 2.75) is 79.1 Å². The number of halogens is 4. The van der Waals surface area contributed by atoms with Crippen LogP contribution in [0.3, 0.4) is 0 Å². The second-order valence-corrected chi connectivity index (χ2v) is 21.1. The Hall–Kier alpha value is -3.13. The van der Waals surface area contributed by atoms with Crippen LogP contribution >= 0.6 is 31.9 Å². The fraction of sp³-hybridized carbons (Fsp3) is 0.424. The van der Waals surface area contributed by atoms with E-state index in [1.165, 1.54) is 26.4 Å². The van der Waals surface area contributed by atoms with Crippen LogP contribution in [0.2, 0.25) is 0 Å². The molecule has 2 aromatic rings. The van der Waals surface area contributed by atoms with Crippen molar-refractivity contribution in [1.82, 2.24) is 0 Å². The number of Topliss-reactive ketones (excluding diaryl/α,β-unsaturated/α-hetero) is 4. The maximum atomic E-state index is 14.5. The molecule has 0 N–H and O–H groups in total. The Morgan fingerprint density at radius 3 is 1.46 bits per heavy atom. The summed E-state index contributed by atoms with van der Waals surface area (Å²) in [6.07, 6.45) is 3.38. The van der Waals surface area contributed by atoms with Crippen molar-refractivity contribution >= 4 is 98.6 Å². The van der Waals surface area contributed by atoms with Crippen LogP contribution in [0, 0.1) is 11.6 Å². The van der Waals surface area contributed by atoms with Gasteiger partial charge in [-0.25, -0.2) is 4.39 Å². The van der Waals surface area contributed by atoms with Crippen molar-refractivity contribution < 1.29 is 59.9 Å². The summed E-state index contributed by atoms with van der Waals surface area (Å²) in [5, 5.41) is 0. The van der Waals surface area contributed by atoms with Crippen molar-refractivity contribution in [3.63, 3.8) is 0 Å². The first kappa shape index (κ1) is 44.9. The summed E-state index contributed by atoms with van der Waals surface area (Å²) in [7, 11) is 2.64. The molecule has 2 saturated carbocycles. The maximum Gasteiger partial charge on any atom is 0.148 e. The molecule has 12 nitrogen and oxygen atoms in total. The van der Waals surface area contributed by atoms with Gasteiger partial charge in [-0.15, -0.1) is 0 Å². The average molecular weight is 1030 g/mol. The molecule has 0 aromatic heterocycles. The number of hydrogen-bond donors (Lipinski definition) is 0. The zero-order valence-electron chi connectivity index (χ0n) is 27.2. The molecule has 0 radical (unpaired) electrons. The Kier molecular flexibility index (Phi) is 18.5. The molecule has 0 bridgehead atoms. The quantitative estimate of drug-likeness (QED) is 0.243. The van der Waals surface area contributed by atoms with Crippen molar-refractivity contribution in [1.29, 1.82) is 0 Å². The van der Waals surface area contributed by atoms with Gasteiger partial charge in [0.25, 0.3) is 0 Å². The molecular weight excluding hydrogens is 993 g/mol. The van der Waals surface area contributed by atoms with Gasteiger partial charge in [-0.2, -0.15) is 0 Å². The fourth-order valence-corrected chi connectivity index (χ4v) is 15.1. The van der Waals surface area contributed by atoms with Crippen LogP contribution in [0.25, 0.3) is 0 Å². The first-order chi connectivity index (χ1) is 22.9. The number of ketones is 4. The van der Waals surface area contributed by atoms with E-state index < -0.39 is 58.0 Å². The Morgan fingerprint density at radius 2 is 1.08 bits per heavy atom. The normalized spacial score (nSPS) is 14.5. The smallest absolute Gasteiger partial charge is 0.148 e.